The molecular formula is C14H14O6. The number of ether oxygens (including phenoxy) is 3. The summed E-state index contributed by atoms with van der Waals surface area (Å²) in [6.07, 6.45) is 1.17. The maximum absolute atomic E-state index is 10.7. The van der Waals surface area contributed by atoms with E-state index in [1.807, 2.05) is 0 Å². The number of carboxylic acids is 1. The third-order valence-electron chi connectivity index (χ3n) is 2.61. The predicted octanol–water partition coefficient (Wildman–Crippen LogP) is 2.57. The summed E-state index contributed by atoms with van der Waals surface area (Å²) >= 11 is 0. The number of hydrogen-bond donors (Lipinski definition) is 1. The molecule has 0 saturated heterocycles. The number of carbonyl (C=O) groups is 1. The summed E-state index contributed by atoms with van der Waals surface area (Å²) in [6.45, 7) is 0.115. The van der Waals surface area contributed by atoms with Crippen LogP contribution in [0, 0.1) is 0 Å². The molecule has 0 atom stereocenters. The monoisotopic (exact) mass is 278 g/mol. The Labute approximate surface area is 115 Å². The van der Waals surface area contributed by atoms with Gasteiger partial charge in [-0.05, 0) is 6.07 Å². The second-order valence-corrected chi connectivity index (χ2v) is 3.94. The summed E-state index contributed by atoms with van der Waals surface area (Å²) in [5.41, 5.74) is 0.0897. The topological polar surface area (TPSA) is 78.1 Å². The van der Waals surface area contributed by atoms with Gasteiger partial charge in [-0.15, -0.1) is 0 Å². The van der Waals surface area contributed by atoms with Crippen LogP contribution in [-0.2, 0) is 6.61 Å². The molecule has 0 aliphatic rings. The number of aromatic carboxylic acids is 1. The van der Waals surface area contributed by atoms with E-state index in [0.717, 1.165) is 0 Å². The summed E-state index contributed by atoms with van der Waals surface area (Å²) in [5.74, 6) is 1.12. The van der Waals surface area contributed by atoms with E-state index in [9.17, 15) is 4.79 Å². The smallest absolute Gasteiger partial charge is 0.338 e. The van der Waals surface area contributed by atoms with Gasteiger partial charge in [0.2, 0.25) is 0 Å². The summed E-state index contributed by atoms with van der Waals surface area (Å²) in [5, 5.41) is 8.79. The highest BCUT2D eigenvalue weighted by atomic mass is 16.5. The molecule has 1 heterocycles. The number of carboxylic acid groups (broad SMARTS) is 1. The van der Waals surface area contributed by atoms with Crippen molar-refractivity contribution in [2.75, 3.05) is 14.2 Å². The largest absolute Gasteiger partial charge is 0.496 e. The van der Waals surface area contributed by atoms with Gasteiger partial charge in [-0.25, -0.2) is 4.79 Å². The van der Waals surface area contributed by atoms with Gasteiger partial charge in [0.25, 0.3) is 0 Å². The van der Waals surface area contributed by atoms with Crippen molar-refractivity contribution >= 4 is 5.97 Å². The zero-order valence-electron chi connectivity index (χ0n) is 11.1. The van der Waals surface area contributed by atoms with Gasteiger partial charge in [-0.2, -0.15) is 0 Å². The molecule has 0 radical (unpaired) electrons. The molecule has 0 fully saturated rings. The first-order valence-electron chi connectivity index (χ1n) is 5.79. The first-order valence-corrected chi connectivity index (χ1v) is 5.79. The van der Waals surface area contributed by atoms with E-state index >= 15 is 0 Å². The minimum atomic E-state index is -1.04. The molecule has 6 nitrogen and oxygen atoms in total. The second-order valence-electron chi connectivity index (χ2n) is 3.94. The van der Waals surface area contributed by atoms with Crippen LogP contribution in [0.3, 0.4) is 0 Å². The quantitative estimate of drug-likeness (QED) is 0.875. The highest BCUT2D eigenvalue weighted by Gasteiger charge is 2.09. The van der Waals surface area contributed by atoms with Gasteiger partial charge >= 0.3 is 5.97 Å². The number of benzene rings is 1. The Morgan fingerprint density at radius 2 is 1.70 bits per heavy atom. The van der Waals surface area contributed by atoms with E-state index in [0.29, 0.717) is 23.0 Å². The van der Waals surface area contributed by atoms with Gasteiger partial charge in [0, 0.05) is 18.2 Å². The fourth-order valence-corrected chi connectivity index (χ4v) is 1.59. The van der Waals surface area contributed by atoms with E-state index in [2.05, 4.69) is 0 Å². The Hall–Kier alpha value is -2.63. The van der Waals surface area contributed by atoms with Gasteiger partial charge < -0.3 is 23.7 Å². The Morgan fingerprint density at radius 3 is 2.20 bits per heavy atom. The van der Waals surface area contributed by atoms with Crippen LogP contribution in [0.1, 0.15) is 16.1 Å². The summed E-state index contributed by atoms with van der Waals surface area (Å²) in [7, 11) is 3.09. The molecule has 0 amide bonds. The molecule has 1 aromatic carbocycles. The van der Waals surface area contributed by atoms with Crippen molar-refractivity contribution in [2.45, 2.75) is 6.61 Å². The molecular weight excluding hydrogens is 264 g/mol. The van der Waals surface area contributed by atoms with Crippen molar-refractivity contribution in [1.82, 2.24) is 0 Å². The zero-order valence-corrected chi connectivity index (χ0v) is 11.1. The van der Waals surface area contributed by atoms with E-state index < -0.39 is 5.97 Å². The Kier molecular flexibility index (Phi) is 4.14. The lowest BCUT2D eigenvalue weighted by Crippen LogP contribution is -1.96. The molecule has 1 N–H and O–H groups in total. The highest BCUT2D eigenvalue weighted by Crippen LogP contribution is 2.28. The van der Waals surface area contributed by atoms with Crippen molar-refractivity contribution in [3.63, 3.8) is 0 Å². The van der Waals surface area contributed by atoms with Crippen LogP contribution in [0.15, 0.2) is 34.9 Å². The van der Waals surface area contributed by atoms with Crippen molar-refractivity contribution < 1.29 is 28.5 Å². The molecule has 2 aromatic rings. The SMILES string of the molecule is COc1cc(OC)cc(OCc2cc(C(=O)O)co2)c1. The molecule has 0 spiro atoms. The maximum Gasteiger partial charge on any atom is 0.338 e. The highest BCUT2D eigenvalue weighted by molar-refractivity contribution is 5.87. The predicted molar refractivity (Wildman–Crippen MR) is 69.5 cm³/mol. The van der Waals surface area contributed by atoms with Gasteiger partial charge in [0.05, 0.1) is 19.8 Å². The van der Waals surface area contributed by atoms with E-state index in [4.69, 9.17) is 23.7 Å². The first kappa shape index (κ1) is 13.8. The summed E-state index contributed by atoms with van der Waals surface area (Å²) in [6, 6.07) is 6.54. The fourth-order valence-electron chi connectivity index (χ4n) is 1.59. The van der Waals surface area contributed by atoms with Crippen LogP contribution >= 0.6 is 0 Å². The van der Waals surface area contributed by atoms with Crippen LogP contribution in [0.2, 0.25) is 0 Å². The van der Waals surface area contributed by atoms with Gasteiger partial charge in [0.1, 0.15) is 35.9 Å². The van der Waals surface area contributed by atoms with Crippen LogP contribution in [-0.4, -0.2) is 25.3 Å². The number of hydrogen-bond acceptors (Lipinski definition) is 5. The minimum Gasteiger partial charge on any atom is -0.496 e. The lowest BCUT2D eigenvalue weighted by atomic mass is 10.3. The first-order chi connectivity index (χ1) is 9.62. The van der Waals surface area contributed by atoms with Gasteiger partial charge in [-0.3, -0.25) is 0 Å². The fraction of sp³-hybridized carbons (Fsp3) is 0.214. The number of furan rings is 1. The third-order valence-corrected chi connectivity index (χ3v) is 2.61. The van der Waals surface area contributed by atoms with E-state index in [1.165, 1.54) is 12.3 Å². The van der Waals surface area contributed by atoms with Gasteiger partial charge in [-0.1, -0.05) is 0 Å². The molecule has 0 saturated carbocycles. The molecule has 0 unspecified atom stereocenters. The maximum atomic E-state index is 10.7. The van der Waals surface area contributed by atoms with Crippen LogP contribution < -0.4 is 14.2 Å². The van der Waals surface area contributed by atoms with Crippen molar-refractivity contribution in [1.29, 1.82) is 0 Å². The summed E-state index contributed by atoms with van der Waals surface area (Å²) in [4.78, 5) is 10.7. The van der Waals surface area contributed by atoms with E-state index in [1.54, 1.807) is 32.4 Å². The second kappa shape index (κ2) is 6.01. The average molecular weight is 278 g/mol. The average Bonchev–Trinajstić information content (AvgIpc) is 2.93. The molecule has 0 aliphatic heterocycles. The Balaban J connectivity index is 2.07. The summed E-state index contributed by atoms with van der Waals surface area (Å²) < 4.78 is 20.9. The molecule has 0 bridgehead atoms. The van der Waals surface area contributed by atoms with Gasteiger partial charge in [0.15, 0.2) is 0 Å². The van der Waals surface area contributed by atoms with Crippen molar-refractivity contribution in [3.05, 3.63) is 41.9 Å². The molecule has 0 aliphatic carbocycles. The Morgan fingerprint density at radius 1 is 1.10 bits per heavy atom. The van der Waals surface area contributed by atoms with Crippen molar-refractivity contribution in [2.24, 2.45) is 0 Å². The molecule has 1 aromatic heterocycles. The van der Waals surface area contributed by atoms with Crippen LogP contribution in [0.5, 0.6) is 17.2 Å². The molecule has 2 rings (SSSR count). The third kappa shape index (κ3) is 3.23. The van der Waals surface area contributed by atoms with Crippen LogP contribution in [0.4, 0.5) is 0 Å². The van der Waals surface area contributed by atoms with E-state index in [-0.39, 0.29) is 12.2 Å². The lowest BCUT2D eigenvalue weighted by molar-refractivity contribution is 0.0696. The molecule has 20 heavy (non-hydrogen) atoms. The number of rotatable bonds is 6. The van der Waals surface area contributed by atoms with Crippen molar-refractivity contribution in [3.8, 4) is 17.2 Å². The number of methoxy groups -OCH3 is 2. The Bertz CT molecular complexity index is 579. The molecule has 6 heteroatoms. The zero-order chi connectivity index (χ0) is 14.5. The van der Waals surface area contributed by atoms with Crippen LogP contribution in [0.25, 0.3) is 0 Å². The lowest BCUT2D eigenvalue weighted by Gasteiger charge is -2.09. The normalized spacial score (nSPS) is 10.1. The minimum absolute atomic E-state index is 0.0897. The molecule has 106 valence electrons. The standard InChI is InChI=1S/C14H14O6/c1-17-10-4-11(18-2)6-12(5-10)20-8-13-3-9(7-19-13)14(15)16/h3-7H,8H2,1-2H3,(H,15,16).